The number of nitrogens with zero attached hydrogens (tertiary/aromatic N) is 2. The summed E-state index contributed by atoms with van der Waals surface area (Å²) in [5, 5.41) is 11.5. The smallest absolute Gasteiger partial charge is 0.268 e. The highest BCUT2D eigenvalue weighted by Gasteiger charge is 2.39. The van der Waals surface area contributed by atoms with E-state index in [2.05, 4.69) is 0 Å². The zero-order chi connectivity index (χ0) is 19.0. The predicted molar refractivity (Wildman–Crippen MR) is 101 cm³/mol. The summed E-state index contributed by atoms with van der Waals surface area (Å²) in [6.07, 6.45) is 0. The van der Waals surface area contributed by atoms with Crippen LogP contribution in [0.3, 0.4) is 0 Å². The number of imide groups is 1. The monoisotopic (exact) mass is 376 g/mol. The van der Waals surface area contributed by atoms with Crippen molar-refractivity contribution >= 4 is 35.0 Å². The summed E-state index contributed by atoms with van der Waals surface area (Å²) >= 11 is 1.40. The Bertz CT molecular complexity index is 1050. The number of amides is 2. The number of nitro groups is 1. The third-order valence-electron chi connectivity index (χ3n) is 4.16. The van der Waals surface area contributed by atoms with Crippen LogP contribution in [0.5, 0.6) is 0 Å². The Hall–Kier alpha value is -3.45. The molecule has 0 aromatic heterocycles. The van der Waals surface area contributed by atoms with Gasteiger partial charge in [-0.25, -0.2) is 4.90 Å². The Morgan fingerprint density at radius 2 is 1.37 bits per heavy atom. The molecule has 132 valence electrons. The summed E-state index contributed by atoms with van der Waals surface area (Å²) in [5.41, 5.74) is 0.185. The fraction of sp³-hybridized carbons (Fsp3) is 0. The minimum Gasteiger partial charge on any atom is -0.268 e. The van der Waals surface area contributed by atoms with Crippen LogP contribution in [-0.2, 0) is 0 Å². The second-order valence-electron chi connectivity index (χ2n) is 5.81. The molecule has 0 fully saturated rings. The Balaban J connectivity index is 1.79. The van der Waals surface area contributed by atoms with Gasteiger partial charge in [-0.15, -0.1) is 0 Å². The van der Waals surface area contributed by atoms with Gasteiger partial charge in [0.05, 0.1) is 16.1 Å². The first-order valence-corrected chi connectivity index (χ1v) is 8.87. The molecule has 27 heavy (non-hydrogen) atoms. The fourth-order valence-corrected chi connectivity index (χ4v) is 3.80. The van der Waals surface area contributed by atoms with Crippen LogP contribution in [0.25, 0.3) is 0 Å². The standard InChI is InChI=1S/C20H12N2O4S/c23-19-15-8-4-5-9-16(15)20(24)21(19)18-12-14(10-11-17(18)22(25)26)27-13-6-2-1-3-7-13/h1-12H. The summed E-state index contributed by atoms with van der Waals surface area (Å²) < 4.78 is 0. The summed E-state index contributed by atoms with van der Waals surface area (Å²) in [7, 11) is 0. The molecule has 4 rings (SSSR count). The van der Waals surface area contributed by atoms with E-state index in [0.29, 0.717) is 4.90 Å². The second-order valence-corrected chi connectivity index (χ2v) is 6.96. The van der Waals surface area contributed by atoms with Gasteiger partial charge in [0, 0.05) is 15.9 Å². The van der Waals surface area contributed by atoms with Crippen LogP contribution in [0.15, 0.2) is 82.6 Å². The molecule has 0 atom stereocenters. The van der Waals surface area contributed by atoms with Gasteiger partial charge in [0.1, 0.15) is 5.69 Å². The van der Waals surface area contributed by atoms with E-state index >= 15 is 0 Å². The number of hydrogen-bond acceptors (Lipinski definition) is 5. The van der Waals surface area contributed by atoms with E-state index in [1.54, 1.807) is 30.3 Å². The minimum atomic E-state index is -0.587. The molecule has 0 saturated carbocycles. The quantitative estimate of drug-likeness (QED) is 0.379. The number of rotatable bonds is 4. The van der Waals surface area contributed by atoms with Crippen LogP contribution < -0.4 is 4.90 Å². The number of carbonyl (C=O) groups is 2. The highest BCUT2D eigenvalue weighted by atomic mass is 32.2. The lowest BCUT2D eigenvalue weighted by atomic mass is 10.1. The van der Waals surface area contributed by atoms with Crippen molar-refractivity contribution in [1.29, 1.82) is 0 Å². The molecule has 1 aliphatic rings. The highest BCUT2D eigenvalue weighted by Crippen LogP contribution is 2.39. The number of fused-ring (bicyclic) bond motifs is 1. The number of carbonyl (C=O) groups excluding carboxylic acids is 2. The van der Waals surface area contributed by atoms with E-state index in [1.807, 2.05) is 30.3 Å². The zero-order valence-corrected chi connectivity index (χ0v) is 14.7. The first kappa shape index (κ1) is 17.0. The van der Waals surface area contributed by atoms with Crippen LogP contribution in [-0.4, -0.2) is 16.7 Å². The van der Waals surface area contributed by atoms with Crippen LogP contribution in [0.2, 0.25) is 0 Å². The van der Waals surface area contributed by atoms with Crippen molar-refractivity contribution in [2.24, 2.45) is 0 Å². The molecule has 7 heteroatoms. The number of anilines is 1. The molecule has 3 aromatic rings. The Morgan fingerprint density at radius 3 is 1.96 bits per heavy atom. The zero-order valence-electron chi connectivity index (χ0n) is 13.9. The molecule has 0 N–H and O–H groups in total. The van der Waals surface area contributed by atoms with Crippen LogP contribution in [0.1, 0.15) is 20.7 Å². The minimum absolute atomic E-state index is 0.0212. The Kier molecular flexibility index (Phi) is 4.21. The Labute approximate surface area is 158 Å². The summed E-state index contributed by atoms with van der Waals surface area (Å²) in [4.78, 5) is 38.9. The van der Waals surface area contributed by atoms with Gasteiger partial charge in [-0.05, 0) is 36.4 Å². The maximum absolute atomic E-state index is 12.7. The molecule has 0 bridgehead atoms. The van der Waals surface area contributed by atoms with Gasteiger partial charge in [0.25, 0.3) is 17.5 Å². The molecule has 0 radical (unpaired) electrons. The first-order valence-electron chi connectivity index (χ1n) is 8.05. The van der Waals surface area contributed by atoms with Crippen molar-refractivity contribution in [2.45, 2.75) is 9.79 Å². The van der Waals surface area contributed by atoms with Crippen LogP contribution in [0, 0.1) is 10.1 Å². The van der Waals surface area contributed by atoms with Gasteiger partial charge in [-0.1, -0.05) is 42.1 Å². The molecule has 1 heterocycles. The molecule has 0 spiro atoms. The number of nitro benzene ring substituents is 1. The fourth-order valence-electron chi connectivity index (χ4n) is 2.93. The summed E-state index contributed by atoms with van der Waals surface area (Å²) in [6.45, 7) is 0. The predicted octanol–water partition coefficient (Wildman–Crippen LogP) is 4.55. The van der Waals surface area contributed by atoms with Crippen LogP contribution >= 0.6 is 11.8 Å². The highest BCUT2D eigenvalue weighted by molar-refractivity contribution is 7.99. The van der Waals surface area contributed by atoms with Gasteiger partial charge in [-0.2, -0.15) is 0 Å². The Morgan fingerprint density at radius 1 is 0.778 bits per heavy atom. The largest absolute Gasteiger partial charge is 0.293 e. The van der Waals surface area contributed by atoms with Gasteiger partial charge >= 0.3 is 0 Å². The molecule has 2 amide bonds. The molecule has 0 aliphatic carbocycles. The third-order valence-corrected chi connectivity index (χ3v) is 5.15. The molecule has 3 aromatic carbocycles. The lowest BCUT2D eigenvalue weighted by Crippen LogP contribution is -2.30. The molecular formula is C20H12N2O4S. The van der Waals surface area contributed by atoms with E-state index in [0.717, 1.165) is 9.80 Å². The molecular weight excluding hydrogens is 364 g/mol. The van der Waals surface area contributed by atoms with Crippen LogP contribution in [0.4, 0.5) is 11.4 Å². The summed E-state index contributed by atoms with van der Waals surface area (Å²) in [5.74, 6) is -1.11. The van der Waals surface area contributed by atoms with Crippen molar-refractivity contribution in [3.63, 3.8) is 0 Å². The van der Waals surface area contributed by atoms with Crippen molar-refractivity contribution in [1.82, 2.24) is 0 Å². The van der Waals surface area contributed by atoms with Gasteiger partial charge < -0.3 is 0 Å². The third kappa shape index (κ3) is 2.98. The van der Waals surface area contributed by atoms with Gasteiger partial charge in [0.15, 0.2) is 0 Å². The maximum atomic E-state index is 12.7. The SMILES string of the molecule is O=C1c2ccccc2C(=O)N1c1cc(Sc2ccccc2)ccc1[N+](=O)[O-]. The molecule has 6 nitrogen and oxygen atoms in total. The maximum Gasteiger partial charge on any atom is 0.293 e. The molecule has 0 saturated heterocycles. The van der Waals surface area contributed by atoms with E-state index in [4.69, 9.17) is 0 Å². The van der Waals surface area contributed by atoms with E-state index in [1.165, 1.54) is 23.9 Å². The van der Waals surface area contributed by atoms with Crippen molar-refractivity contribution in [3.05, 3.63) is 94.0 Å². The summed E-state index contributed by atoms with van der Waals surface area (Å²) in [6, 6.07) is 20.3. The van der Waals surface area contributed by atoms with Crippen molar-refractivity contribution in [2.75, 3.05) is 4.90 Å². The number of hydrogen-bond donors (Lipinski definition) is 0. The normalized spacial score (nSPS) is 13.0. The average molecular weight is 376 g/mol. The number of benzene rings is 3. The second kappa shape index (κ2) is 6.69. The lowest BCUT2D eigenvalue weighted by molar-refractivity contribution is -0.384. The first-order chi connectivity index (χ1) is 13.1. The van der Waals surface area contributed by atoms with Gasteiger partial charge in [0.2, 0.25) is 0 Å². The van der Waals surface area contributed by atoms with Gasteiger partial charge in [-0.3, -0.25) is 19.7 Å². The topological polar surface area (TPSA) is 80.5 Å². The van der Waals surface area contributed by atoms with E-state index < -0.39 is 16.7 Å². The van der Waals surface area contributed by atoms with E-state index in [-0.39, 0.29) is 22.5 Å². The van der Waals surface area contributed by atoms with Crippen molar-refractivity contribution < 1.29 is 14.5 Å². The molecule has 1 aliphatic heterocycles. The van der Waals surface area contributed by atoms with Crippen molar-refractivity contribution in [3.8, 4) is 0 Å². The molecule has 0 unspecified atom stereocenters. The average Bonchev–Trinajstić information content (AvgIpc) is 2.93. The lowest BCUT2D eigenvalue weighted by Gasteiger charge is -2.15. The van der Waals surface area contributed by atoms with E-state index in [9.17, 15) is 19.7 Å².